The first kappa shape index (κ1) is 22.0. The topological polar surface area (TPSA) is 73.8 Å². The zero-order valence-corrected chi connectivity index (χ0v) is 18.4. The third-order valence-electron chi connectivity index (χ3n) is 5.82. The maximum absolute atomic E-state index is 13.4. The van der Waals surface area contributed by atoms with Gasteiger partial charge in [0.25, 0.3) is 5.91 Å². The smallest absolute Gasteiger partial charge is 0.267 e. The second-order valence-corrected chi connectivity index (χ2v) is 8.59. The molecule has 1 fully saturated rings. The first-order valence-corrected chi connectivity index (χ1v) is 10.9. The first-order chi connectivity index (χ1) is 15.4. The van der Waals surface area contributed by atoms with Crippen molar-refractivity contribution in [3.8, 4) is 23.3 Å². The number of nitrogens with one attached hydrogen (secondary N) is 2. The number of anilines is 2. The Hall–Kier alpha value is -3.24. The number of hydrogen-bond acceptors (Lipinski definition) is 5. The monoisotopic (exact) mass is 437 g/mol. The van der Waals surface area contributed by atoms with E-state index in [1.54, 1.807) is 6.07 Å². The van der Waals surface area contributed by atoms with Crippen LogP contribution in [0.25, 0.3) is 0 Å². The molecule has 1 atom stereocenters. The van der Waals surface area contributed by atoms with Gasteiger partial charge in [0.2, 0.25) is 0 Å². The van der Waals surface area contributed by atoms with Crippen molar-refractivity contribution in [2.24, 2.45) is 0 Å². The molecular formula is C25H28FN3O3. The van der Waals surface area contributed by atoms with Crippen molar-refractivity contribution >= 4 is 17.3 Å². The summed E-state index contributed by atoms with van der Waals surface area (Å²) in [6.07, 6.45) is 3.60. The van der Waals surface area contributed by atoms with E-state index in [2.05, 4.69) is 22.5 Å². The Morgan fingerprint density at radius 2 is 2.06 bits per heavy atom. The molecule has 0 bridgehead atoms. The fourth-order valence-electron chi connectivity index (χ4n) is 4.17. The molecule has 6 nitrogen and oxygen atoms in total. The van der Waals surface area contributed by atoms with Gasteiger partial charge in [-0.3, -0.25) is 9.69 Å². The van der Waals surface area contributed by atoms with E-state index in [1.165, 1.54) is 18.2 Å². The molecule has 2 aromatic carbocycles. The number of carbonyl (C=O) groups is 1. The Bertz CT molecular complexity index is 1070. The number of halogens is 1. The summed E-state index contributed by atoms with van der Waals surface area (Å²) in [5, 5.41) is 16.6. The predicted molar refractivity (Wildman–Crippen MR) is 123 cm³/mol. The van der Waals surface area contributed by atoms with Gasteiger partial charge in [-0.1, -0.05) is 24.7 Å². The molecule has 0 spiro atoms. The lowest BCUT2D eigenvalue weighted by molar-refractivity contribution is -0.122. The molecule has 7 heteroatoms. The summed E-state index contributed by atoms with van der Waals surface area (Å²) in [5.41, 5.74) is 2.53. The lowest BCUT2D eigenvalue weighted by Gasteiger charge is -2.26. The van der Waals surface area contributed by atoms with Crippen LogP contribution in [0.4, 0.5) is 15.8 Å². The minimum atomic E-state index is -0.799. The van der Waals surface area contributed by atoms with Crippen molar-refractivity contribution < 1.29 is 19.0 Å². The van der Waals surface area contributed by atoms with Gasteiger partial charge in [0.15, 0.2) is 6.10 Å². The number of carbonyl (C=O) groups excluding carboxylic acids is 1. The Balaban J connectivity index is 1.57. The summed E-state index contributed by atoms with van der Waals surface area (Å²) >= 11 is 0. The predicted octanol–water partition coefficient (Wildman–Crippen LogP) is 3.91. The Morgan fingerprint density at radius 1 is 1.28 bits per heavy atom. The van der Waals surface area contributed by atoms with Gasteiger partial charge in [-0.15, -0.1) is 0 Å². The van der Waals surface area contributed by atoms with Crippen LogP contribution in [0.2, 0.25) is 0 Å². The second-order valence-electron chi connectivity index (χ2n) is 8.59. The van der Waals surface area contributed by atoms with E-state index < -0.39 is 6.10 Å². The standard InChI is InChI=1S/C25H28FN3O3/c1-29(2)11-5-8-17-12-19(16-6-3-4-7-16)22(30)14-20(17)28-25(31)24-15-27-21-13-18(26)9-10-23(21)32-24/h9-10,12-14,16,24,27,30H,3-4,6-7,11,15H2,1-2H3,(H,28,31). The molecule has 3 N–H and O–H groups in total. The Morgan fingerprint density at radius 3 is 2.81 bits per heavy atom. The van der Waals surface area contributed by atoms with Gasteiger partial charge in [0.05, 0.1) is 24.5 Å². The summed E-state index contributed by atoms with van der Waals surface area (Å²) in [6, 6.07) is 7.62. The molecular weight excluding hydrogens is 409 g/mol. The average molecular weight is 438 g/mol. The van der Waals surface area contributed by atoms with Gasteiger partial charge in [0, 0.05) is 17.7 Å². The zero-order chi connectivity index (χ0) is 22.7. The van der Waals surface area contributed by atoms with E-state index in [-0.39, 0.29) is 24.0 Å². The molecule has 1 aliphatic carbocycles. The number of amides is 1. The molecule has 4 rings (SSSR count). The molecule has 1 saturated carbocycles. The molecule has 0 saturated heterocycles. The first-order valence-electron chi connectivity index (χ1n) is 10.9. The fourth-order valence-corrected chi connectivity index (χ4v) is 4.17. The van der Waals surface area contributed by atoms with Gasteiger partial charge in [-0.2, -0.15) is 0 Å². The SMILES string of the molecule is CN(C)CC#Cc1cc(C2CCCC2)c(O)cc1NC(=O)C1CNc2cc(F)ccc2O1. The van der Waals surface area contributed by atoms with E-state index in [0.717, 1.165) is 31.2 Å². The van der Waals surface area contributed by atoms with Crippen molar-refractivity contribution in [1.29, 1.82) is 0 Å². The molecule has 1 amide bonds. The van der Waals surface area contributed by atoms with Crippen LogP contribution in [-0.4, -0.2) is 49.2 Å². The van der Waals surface area contributed by atoms with Crippen LogP contribution in [0.5, 0.6) is 11.5 Å². The highest BCUT2D eigenvalue weighted by atomic mass is 19.1. The Labute approximate surface area is 187 Å². The van der Waals surface area contributed by atoms with Crippen molar-refractivity contribution in [2.75, 3.05) is 37.8 Å². The van der Waals surface area contributed by atoms with Crippen LogP contribution in [0, 0.1) is 17.7 Å². The highest BCUT2D eigenvalue weighted by Gasteiger charge is 2.28. The summed E-state index contributed by atoms with van der Waals surface area (Å²) in [5.74, 6) is 6.44. The van der Waals surface area contributed by atoms with Crippen molar-refractivity contribution in [2.45, 2.75) is 37.7 Å². The van der Waals surface area contributed by atoms with Crippen LogP contribution < -0.4 is 15.4 Å². The number of hydrogen-bond donors (Lipinski definition) is 3. The van der Waals surface area contributed by atoms with Crippen LogP contribution in [0.15, 0.2) is 30.3 Å². The number of nitrogens with zero attached hydrogens (tertiary/aromatic N) is 1. The quantitative estimate of drug-likeness (QED) is 0.633. The number of ether oxygens (including phenoxy) is 1. The summed E-state index contributed by atoms with van der Waals surface area (Å²) in [6.45, 7) is 0.784. The maximum Gasteiger partial charge on any atom is 0.267 e. The third-order valence-corrected chi connectivity index (χ3v) is 5.82. The molecule has 168 valence electrons. The molecule has 0 radical (unpaired) electrons. The minimum absolute atomic E-state index is 0.175. The fraction of sp³-hybridized carbons (Fsp3) is 0.400. The van der Waals surface area contributed by atoms with Crippen molar-refractivity contribution in [3.05, 3.63) is 47.3 Å². The van der Waals surface area contributed by atoms with Crippen LogP contribution >= 0.6 is 0 Å². The Kier molecular flexibility index (Phi) is 6.52. The molecule has 2 aliphatic rings. The van der Waals surface area contributed by atoms with Crippen molar-refractivity contribution in [3.63, 3.8) is 0 Å². The van der Waals surface area contributed by atoms with E-state index in [4.69, 9.17) is 4.74 Å². The summed E-state index contributed by atoms with van der Waals surface area (Å²) in [4.78, 5) is 14.9. The van der Waals surface area contributed by atoms with Crippen LogP contribution in [-0.2, 0) is 4.79 Å². The van der Waals surface area contributed by atoms with Gasteiger partial charge < -0.3 is 20.5 Å². The zero-order valence-electron chi connectivity index (χ0n) is 18.4. The summed E-state index contributed by atoms with van der Waals surface area (Å²) in [7, 11) is 3.88. The van der Waals surface area contributed by atoms with Gasteiger partial charge >= 0.3 is 0 Å². The average Bonchev–Trinajstić information content (AvgIpc) is 3.29. The van der Waals surface area contributed by atoms with E-state index >= 15 is 0 Å². The second kappa shape index (κ2) is 9.49. The number of phenolic OH excluding ortho intramolecular Hbond substituents is 1. The lowest BCUT2D eigenvalue weighted by atomic mass is 9.94. The van der Waals surface area contributed by atoms with E-state index in [0.29, 0.717) is 35.2 Å². The van der Waals surface area contributed by atoms with Gasteiger partial charge in [0.1, 0.15) is 17.3 Å². The number of rotatable bonds is 4. The molecule has 32 heavy (non-hydrogen) atoms. The molecule has 1 heterocycles. The molecule has 1 unspecified atom stereocenters. The van der Waals surface area contributed by atoms with Crippen LogP contribution in [0.3, 0.4) is 0 Å². The molecule has 1 aliphatic heterocycles. The van der Waals surface area contributed by atoms with Gasteiger partial charge in [-0.05, 0) is 56.6 Å². The van der Waals surface area contributed by atoms with Gasteiger partial charge in [-0.25, -0.2) is 4.39 Å². The molecule has 0 aromatic heterocycles. The molecule has 2 aromatic rings. The number of phenols is 1. The van der Waals surface area contributed by atoms with Crippen molar-refractivity contribution in [1.82, 2.24) is 4.90 Å². The third kappa shape index (κ3) is 4.97. The number of aromatic hydroxyl groups is 1. The largest absolute Gasteiger partial charge is 0.508 e. The highest BCUT2D eigenvalue weighted by Crippen LogP contribution is 2.40. The number of fused-ring (bicyclic) bond motifs is 1. The van der Waals surface area contributed by atoms with Crippen LogP contribution in [0.1, 0.15) is 42.7 Å². The number of benzene rings is 2. The minimum Gasteiger partial charge on any atom is -0.508 e. The lowest BCUT2D eigenvalue weighted by Crippen LogP contribution is -2.41. The normalized spacial score (nSPS) is 17.7. The van der Waals surface area contributed by atoms with E-state index in [9.17, 15) is 14.3 Å². The maximum atomic E-state index is 13.4. The highest BCUT2D eigenvalue weighted by molar-refractivity contribution is 5.96. The van der Waals surface area contributed by atoms with E-state index in [1.807, 2.05) is 25.1 Å². The summed E-state index contributed by atoms with van der Waals surface area (Å²) < 4.78 is 19.2.